The molecule has 7 aromatic rings. The fourth-order valence-electron chi connectivity index (χ4n) is 5.24. The van der Waals surface area contributed by atoms with Crippen LogP contribution in [0.1, 0.15) is 5.56 Å². The molecule has 0 unspecified atom stereocenters. The lowest BCUT2D eigenvalue weighted by atomic mass is 9.95. The van der Waals surface area contributed by atoms with E-state index in [2.05, 4.69) is 122 Å². The summed E-state index contributed by atoms with van der Waals surface area (Å²) in [7, 11) is 0. The van der Waals surface area contributed by atoms with Crippen LogP contribution < -0.4 is 0 Å². The molecule has 0 saturated carbocycles. The molecule has 6 aromatic carbocycles. The quantitative estimate of drug-likeness (QED) is 0.247. The number of aryl methyl sites for hydroxylation is 1. The molecule has 0 atom stereocenters. The summed E-state index contributed by atoms with van der Waals surface area (Å²) in [6, 6.07) is 41.4. The van der Waals surface area contributed by atoms with Gasteiger partial charge in [-0.3, -0.25) is 0 Å². The summed E-state index contributed by atoms with van der Waals surface area (Å²) in [5.74, 6) is 0. The summed E-state index contributed by atoms with van der Waals surface area (Å²) in [5, 5.41) is 7.44. The third kappa shape index (κ3) is 2.94. The molecule has 0 bridgehead atoms. The van der Waals surface area contributed by atoms with Crippen molar-refractivity contribution in [2.24, 2.45) is 0 Å². The summed E-state index contributed by atoms with van der Waals surface area (Å²) in [6.07, 6.45) is 0. The lowest BCUT2D eigenvalue weighted by Gasteiger charge is -2.08. The highest BCUT2D eigenvalue weighted by atomic mass is 16.3. The molecule has 1 heteroatoms. The van der Waals surface area contributed by atoms with Gasteiger partial charge in [-0.1, -0.05) is 96.6 Å². The van der Waals surface area contributed by atoms with Gasteiger partial charge in [0.05, 0.1) is 0 Å². The normalized spacial score (nSPS) is 11.7. The minimum Gasteiger partial charge on any atom is -0.456 e. The molecule has 1 aromatic heterocycles. The third-order valence-corrected chi connectivity index (χ3v) is 6.90. The predicted octanol–water partition coefficient (Wildman–Crippen LogP) is 9.53. The number of rotatable bonds is 2. The van der Waals surface area contributed by atoms with Gasteiger partial charge in [0, 0.05) is 10.8 Å². The topological polar surface area (TPSA) is 13.1 Å². The fraction of sp³-hybridized carbons (Fsp3) is 0.0303. The molecule has 0 aliphatic rings. The van der Waals surface area contributed by atoms with Gasteiger partial charge in [0.1, 0.15) is 11.2 Å². The average Bonchev–Trinajstić information content (AvgIpc) is 3.26. The van der Waals surface area contributed by atoms with E-state index in [4.69, 9.17) is 4.42 Å². The zero-order valence-corrected chi connectivity index (χ0v) is 18.9. The first-order valence-electron chi connectivity index (χ1n) is 11.7. The molecule has 0 spiro atoms. The molecular weight excluding hydrogens is 412 g/mol. The first-order valence-corrected chi connectivity index (χ1v) is 11.7. The molecule has 1 nitrogen and oxygen atoms in total. The van der Waals surface area contributed by atoms with Crippen LogP contribution in [-0.2, 0) is 0 Å². The Kier molecular flexibility index (Phi) is 4.13. The van der Waals surface area contributed by atoms with Gasteiger partial charge in [0.25, 0.3) is 0 Å². The molecule has 0 N–H and O–H groups in total. The van der Waals surface area contributed by atoms with E-state index in [0.29, 0.717) is 0 Å². The van der Waals surface area contributed by atoms with Gasteiger partial charge in [-0.15, -0.1) is 0 Å². The zero-order chi connectivity index (χ0) is 22.6. The third-order valence-electron chi connectivity index (χ3n) is 6.90. The fourth-order valence-corrected chi connectivity index (χ4v) is 5.24. The van der Waals surface area contributed by atoms with Crippen molar-refractivity contribution in [1.29, 1.82) is 0 Å². The van der Waals surface area contributed by atoms with Crippen LogP contribution in [0.4, 0.5) is 0 Å². The highest BCUT2D eigenvalue weighted by molar-refractivity contribution is 6.14. The van der Waals surface area contributed by atoms with Crippen LogP contribution in [0.15, 0.2) is 120 Å². The maximum absolute atomic E-state index is 6.26. The van der Waals surface area contributed by atoms with Crippen molar-refractivity contribution in [2.75, 3.05) is 0 Å². The maximum Gasteiger partial charge on any atom is 0.136 e. The van der Waals surface area contributed by atoms with E-state index < -0.39 is 0 Å². The van der Waals surface area contributed by atoms with Crippen LogP contribution in [0.5, 0.6) is 0 Å². The highest BCUT2D eigenvalue weighted by Gasteiger charge is 2.14. The second kappa shape index (κ2) is 7.33. The van der Waals surface area contributed by atoms with Crippen molar-refractivity contribution >= 4 is 43.5 Å². The van der Waals surface area contributed by atoms with Crippen molar-refractivity contribution in [2.45, 2.75) is 6.92 Å². The molecular formula is C33H22O. The Labute approximate surface area is 197 Å². The smallest absolute Gasteiger partial charge is 0.136 e. The summed E-state index contributed by atoms with van der Waals surface area (Å²) >= 11 is 0. The van der Waals surface area contributed by atoms with Gasteiger partial charge in [-0.05, 0) is 75.0 Å². The van der Waals surface area contributed by atoms with Crippen molar-refractivity contribution in [3.05, 3.63) is 121 Å². The molecule has 0 aliphatic carbocycles. The Balaban J connectivity index is 1.47. The van der Waals surface area contributed by atoms with Crippen molar-refractivity contribution in [1.82, 2.24) is 0 Å². The van der Waals surface area contributed by atoms with E-state index in [9.17, 15) is 0 Å². The van der Waals surface area contributed by atoms with E-state index in [-0.39, 0.29) is 0 Å². The van der Waals surface area contributed by atoms with E-state index in [1.807, 2.05) is 0 Å². The Morgan fingerprint density at radius 1 is 0.471 bits per heavy atom. The Hall–Kier alpha value is -4.36. The van der Waals surface area contributed by atoms with E-state index in [0.717, 1.165) is 16.6 Å². The molecule has 0 saturated heterocycles. The standard InChI is InChI=1S/C33H22O/c1-21-6-4-8-26(18-21)28-10-5-11-32-33(28)30-20-25(16-17-31(30)34-32)24-15-14-23-13-12-22-7-2-3-9-27(22)29(23)19-24/h2-20H,1H3. The summed E-state index contributed by atoms with van der Waals surface area (Å²) in [4.78, 5) is 0. The van der Waals surface area contributed by atoms with Gasteiger partial charge >= 0.3 is 0 Å². The molecule has 0 radical (unpaired) electrons. The van der Waals surface area contributed by atoms with Crippen LogP contribution >= 0.6 is 0 Å². The lowest BCUT2D eigenvalue weighted by molar-refractivity contribution is 0.669. The summed E-state index contributed by atoms with van der Waals surface area (Å²) in [6.45, 7) is 2.14. The summed E-state index contributed by atoms with van der Waals surface area (Å²) < 4.78 is 6.26. The van der Waals surface area contributed by atoms with Crippen LogP contribution in [0.25, 0.3) is 65.7 Å². The highest BCUT2D eigenvalue weighted by Crippen LogP contribution is 2.39. The second-order valence-corrected chi connectivity index (χ2v) is 9.08. The predicted molar refractivity (Wildman–Crippen MR) is 144 cm³/mol. The van der Waals surface area contributed by atoms with Gasteiger partial charge in [-0.25, -0.2) is 0 Å². The van der Waals surface area contributed by atoms with Crippen LogP contribution in [0.2, 0.25) is 0 Å². The molecule has 1 heterocycles. The van der Waals surface area contributed by atoms with Crippen LogP contribution in [0.3, 0.4) is 0 Å². The molecule has 7 rings (SSSR count). The van der Waals surface area contributed by atoms with E-state index in [1.165, 1.54) is 54.7 Å². The number of hydrogen-bond acceptors (Lipinski definition) is 1. The number of hydrogen-bond donors (Lipinski definition) is 0. The van der Waals surface area contributed by atoms with Gasteiger partial charge in [0.15, 0.2) is 0 Å². The largest absolute Gasteiger partial charge is 0.456 e. The molecule has 0 amide bonds. The number of benzene rings is 6. The minimum atomic E-state index is 0.921. The van der Waals surface area contributed by atoms with Gasteiger partial charge in [-0.2, -0.15) is 0 Å². The van der Waals surface area contributed by atoms with Crippen LogP contribution in [0, 0.1) is 6.92 Å². The molecule has 0 fully saturated rings. The molecule has 0 aliphatic heterocycles. The molecule has 160 valence electrons. The first kappa shape index (κ1) is 19.1. The van der Waals surface area contributed by atoms with Crippen molar-refractivity contribution < 1.29 is 4.42 Å². The number of fused-ring (bicyclic) bond motifs is 6. The second-order valence-electron chi connectivity index (χ2n) is 9.08. The van der Waals surface area contributed by atoms with Gasteiger partial charge < -0.3 is 4.42 Å². The van der Waals surface area contributed by atoms with Crippen LogP contribution in [-0.4, -0.2) is 0 Å². The van der Waals surface area contributed by atoms with Crippen molar-refractivity contribution in [3.8, 4) is 22.3 Å². The Morgan fingerprint density at radius 2 is 1.21 bits per heavy atom. The number of furan rings is 1. The monoisotopic (exact) mass is 434 g/mol. The minimum absolute atomic E-state index is 0.921. The molecule has 34 heavy (non-hydrogen) atoms. The van der Waals surface area contributed by atoms with E-state index in [1.54, 1.807) is 0 Å². The van der Waals surface area contributed by atoms with E-state index >= 15 is 0 Å². The maximum atomic E-state index is 6.26. The Morgan fingerprint density at radius 3 is 2.09 bits per heavy atom. The average molecular weight is 435 g/mol. The SMILES string of the molecule is Cc1cccc(-c2cccc3oc4ccc(-c5ccc6ccc7ccccc7c6c5)cc4c23)c1. The van der Waals surface area contributed by atoms with Crippen molar-refractivity contribution in [3.63, 3.8) is 0 Å². The Bertz CT molecular complexity index is 1870. The first-order chi connectivity index (χ1) is 16.7. The lowest BCUT2D eigenvalue weighted by Crippen LogP contribution is -1.83. The zero-order valence-electron chi connectivity index (χ0n) is 18.9. The summed E-state index contributed by atoms with van der Waals surface area (Å²) in [5.41, 5.74) is 7.95. The van der Waals surface area contributed by atoms with Gasteiger partial charge in [0.2, 0.25) is 0 Å².